The topological polar surface area (TPSA) is 33.5 Å². The SMILES string of the molecule is O=C(C[NH+]1CCCCC1)Nc1cc(Cl)cc(Cl)c1. The van der Waals surface area contributed by atoms with Gasteiger partial charge in [0.2, 0.25) is 0 Å². The quantitative estimate of drug-likeness (QED) is 0.876. The number of benzene rings is 1. The molecule has 0 unspecified atom stereocenters. The second-order valence-electron chi connectivity index (χ2n) is 4.69. The van der Waals surface area contributed by atoms with Crippen molar-refractivity contribution in [2.24, 2.45) is 0 Å². The molecule has 0 radical (unpaired) electrons. The summed E-state index contributed by atoms with van der Waals surface area (Å²) in [5, 5.41) is 3.90. The number of quaternary nitrogens is 1. The molecular formula is C13H17Cl2N2O+. The molecule has 1 aliphatic heterocycles. The van der Waals surface area contributed by atoms with Gasteiger partial charge in [-0.3, -0.25) is 4.79 Å². The van der Waals surface area contributed by atoms with Crippen molar-refractivity contribution >= 4 is 34.8 Å². The summed E-state index contributed by atoms with van der Waals surface area (Å²) in [5.41, 5.74) is 0.661. The first-order valence-corrected chi connectivity index (χ1v) is 6.98. The minimum Gasteiger partial charge on any atom is -0.327 e. The van der Waals surface area contributed by atoms with Gasteiger partial charge in [0.05, 0.1) is 13.1 Å². The summed E-state index contributed by atoms with van der Waals surface area (Å²) in [6, 6.07) is 5.06. The van der Waals surface area contributed by atoms with Gasteiger partial charge < -0.3 is 10.2 Å². The third kappa shape index (κ3) is 4.16. The largest absolute Gasteiger partial charge is 0.327 e. The zero-order chi connectivity index (χ0) is 13.0. The maximum absolute atomic E-state index is 11.9. The Kier molecular flexibility index (Phi) is 4.87. The summed E-state index contributed by atoms with van der Waals surface area (Å²) in [7, 11) is 0. The van der Waals surface area contributed by atoms with Crippen LogP contribution in [0.15, 0.2) is 18.2 Å². The van der Waals surface area contributed by atoms with E-state index < -0.39 is 0 Å². The van der Waals surface area contributed by atoms with Crippen LogP contribution in [-0.2, 0) is 4.79 Å². The van der Waals surface area contributed by atoms with E-state index in [0.29, 0.717) is 22.3 Å². The van der Waals surface area contributed by atoms with Crippen molar-refractivity contribution in [1.82, 2.24) is 0 Å². The summed E-state index contributed by atoms with van der Waals surface area (Å²) >= 11 is 11.8. The van der Waals surface area contributed by atoms with Crippen LogP contribution in [-0.4, -0.2) is 25.5 Å². The van der Waals surface area contributed by atoms with Gasteiger partial charge in [0, 0.05) is 15.7 Å². The molecule has 0 saturated carbocycles. The third-order valence-corrected chi connectivity index (χ3v) is 3.55. The van der Waals surface area contributed by atoms with Crippen molar-refractivity contribution in [2.45, 2.75) is 19.3 Å². The van der Waals surface area contributed by atoms with Gasteiger partial charge in [-0.05, 0) is 37.5 Å². The third-order valence-electron chi connectivity index (χ3n) is 3.12. The highest BCUT2D eigenvalue weighted by atomic mass is 35.5. The van der Waals surface area contributed by atoms with E-state index in [1.54, 1.807) is 18.2 Å². The Bertz CT molecular complexity index is 411. The van der Waals surface area contributed by atoms with Crippen LogP contribution in [0.2, 0.25) is 10.0 Å². The van der Waals surface area contributed by atoms with Gasteiger partial charge in [0.15, 0.2) is 6.54 Å². The molecule has 1 saturated heterocycles. The van der Waals surface area contributed by atoms with Crippen LogP contribution in [0.5, 0.6) is 0 Å². The van der Waals surface area contributed by atoms with Crippen molar-refractivity contribution in [3.05, 3.63) is 28.2 Å². The van der Waals surface area contributed by atoms with Gasteiger partial charge >= 0.3 is 0 Å². The van der Waals surface area contributed by atoms with Gasteiger partial charge in [-0.25, -0.2) is 0 Å². The first kappa shape index (κ1) is 13.7. The van der Waals surface area contributed by atoms with Crippen LogP contribution >= 0.6 is 23.2 Å². The summed E-state index contributed by atoms with van der Waals surface area (Å²) < 4.78 is 0. The van der Waals surface area contributed by atoms with Crippen molar-refractivity contribution in [1.29, 1.82) is 0 Å². The lowest BCUT2D eigenvalue weighted by molar-refractivity contribution is -0.896. The standard InChI is InChI=1S/C13H16Cl2N2O/c14-10-6-11(15)8-12(7-10)16-13(18)9-17-4-2-1-3-5-17/h6-8H,1-5,9H2,(H,16,18)/p+1. The van der Waals surface area contributed by atoms with Gasteiger partial charge in [-0.15, -0.1) is 0 Å². The number of halogens is 2. The lowest BCUT2D eigenvalue weighted by atomic mass is 10.1. The van der Waals surface area contributed by atoms with E-state index in [2.05, 4.69) is 5.32 Å². The Morgan fingerprint density at radius 3 is 2.33 bits per heavy atom. The number of likely N-dealkylation sites (tertiary alicyclic amines) is 1. The number of anilines is 1. The fraction of sp³-hybridized carbons (Fsp3) is 0.462. The molecule has 0 spiro atoms. The van der Waals surface area contributed by atoms with Gasteiger partial charge in [0.1, 0.15) is 0 Å². The van der Waals surface area contributed by atoms with Crippen LogP contribution in [0.4, 0.5) is 5.69 Å². The predicted molar refractivity (Wildman–Crippen MR) is 74.5 cm³/mol. The van der Waals surface area contributed by atoms with Crippen molar-refractivity contribution < 1.29 is 9.69 Å². The average molecular weight is 288 g/mol. The number of amides is 1. The van der Waals surface area contributed by atoms with Gasteiger partial charge in [-0.1, -0.05) is 23.2 Å². The van der Waals surface area contributed by atoms with Crippen LogP contribution in [0.1, 0.15) is 19.3 Å². The number of nitrogens with one attached hydrogen (secondary N) is 2. The Balaban J connectivity index is 1.89. The van der Waals surface area contributed by atoms with Crippen molar-refractivity contribution in [2.75, 3.05) is 25.0 Å². The minimum atomic E-state index is 0.0187. The first-order chi connectivity index (χ1) is 8.63. The molecule has 0 aromatic heterocycles. The summed E-state index contributed by atoms with van der Waals surface area (Å²) in [5.74, 6) is 0.0187. The summed E-state index contributed by atoms with van der Waals surface area (Å²) in [4.78, 5) is 13.2. The second kappa shape index (κ2) is 6.41. The van der Waals surface area contributed by atoms with E-state index in [1.165, 1.54) is 24.2 Å². The van der Waals surface area contributed by atoms with E-state index in [9.17, 15) is 4.79 Å². The Morgan fingerprint density at radius 2 is 1.72 bits per heavy atom. The Hall–Kier alpha value is -0.770. The fourth-order valence-electron chi connectivity index (χ4n) is 2.29. The fourth-order valence-corrected chi connectivity index (χ4v) is 2.81. The molecule has 1 aromatic carbocycles. The molecule has 2 N–H and O–H groups in total. The van der Waals surface area contributed by atoms with E-state index in [4.69, 9.17) is 23.2 Å². The molecule has 0 aliphatic carbocycles. The van der Waals surface area contributed by atoms with E-state index in [0.717, 1.165) is 13.1 Å². The molecule has 2 rings (SSSR count). The molecular weight excluding hydrogens is 271 g/mol. The highest BCUT2D eigenvalue weighted by Gasteiger charge is 2.17. The average Bonchev–Trinajstić information content (AvgIpc) is 2.28. The zero-order valence-corrected chi connectivity index (χ0v) is 11.7. The lowest BCUT2D eigenvalue weighted by Gasteiger charge is -2.22. The Morgan fingerprint density at radius 1 is 1.11 bits per heavy atom. The highest BCUT2D eigenvalue weighted by molar-refractivity contribution is 6.35. The minimum absolute atomic E-state index is 0.0187. The molecule has 1 heterocycles. The number of carbonyl (C=O) groups is 1. The van der Waals surface area contributed by atoms with Gasteiger partial charge in [0.25, 0.3) is 5.91 Å². The lowest BCUT2D eigenvalue weighted by Crippen LogP contribution is -3.13. The van der Waals surface area contributed by atoms with Crippen LogP contribution in [0.25, 0.3) is 0 Å². The maximum Gasteiger partial charge on any atom is 0.279 e. The van der Waals surface area contributed by atoms with Crippen LogP contribution < -0.4 is 10.2 Å². The number of hydrogen-bond acceptors (Lipinski definition) is 1. The molecule has 0 atom stereocenters. The van der Waals surface area contributed by atoms with Gasteiger partial charge in [-0.2, -0.15) is 0 Å². The second-order valence-corrected chi connectivity index (χ2v) is 5.57. The first-order valence-electron chi connectivity index (χ1n) is 6.23. The Labute approximate surface area is 117 Å². The van der Waals surface area contributed by atoms with Crippen molar-refractivity contribution in [3.8, 4) is 0 Å². The van der Waals surface area contributed by atoms with E-state index in [1.807, 2.05) is 0 Å². The van der Waals surface area contributed by atoms with E-state index >= 15 is 0 Å². The van der Waals surface area contributed by atoms with Crippen LogP contribution in [0, 0.1) is 0 Å². The number of piperidine rings is 1. The zero-order valence-electron chi connectivity index (χ0n) is 10.1. The number of hydrogen-bond donors (Lipinski definition) is 2. The summed E-state index contributed by atoms with van der Waals surface area (Å²) in [6.45, 7) is 2.69. The molecule has 3 nitrogen and oxygen atoms in total. The predicted octanol–water partition coefficient (Wildman–Crippen LogP) is 2.00. The molecule has 18 heavy (non-hydrogen) atoms. The molecule has 98 valence electrons. The van der Waals surface area contributed by atoms with Crippen LogP contribution in [0.3, 0.4) is 0 Å². The molecule has 0 bridgehead atoms. The monoisotopic (exact) mass is 287 g/mol. The number of carbonyl (C=O) groups excluding carboxylic acids is 1. The van der Waals surface area contributed by atoms with E-state index in [-0.39, 0.29) is 5.91 Å². The summed E-state index contributed by atoms with van der Waals surface area (Å²) in [6.07, 6.45) is 3.71. The molecule has 5 heteroatoms. The molecule has 1 aromatic rings. The molecule has 1 aliphatic rings. The molecule has 1 fully saturated rings. The normalized spacial score (nSPS) is 16.6. The number of rotatable bonds is 3. The maximum atomic E-state index is 11.9. The smallest absolute Gasteiger partial charge is 0.279 e. The molecule has 1 amide bonds. The van der Waals surface area contributed by atoms with Crippen molar-refractivity contribution in [3.63, 3.8) is 0 Å². The highest BCUT2D eigenvalue weighted by Crippen LogP contribution is 2.22.